The molecule has 0 N–H and O–H groups in total. The topological polar surface area (TPSA) is 0 Å². The van der Waals surface area contributed by atoms with Gasteiger partial charge < -0.3 is 0 Å². The van der Waals surface area contributed by atoms with Crippen LogP contribution in [0.25, 0.3) is 11.1 Å². The summed E-state index contributed by atoms with van der Waals surface area (Å²) in [5.41, 5.74) is 2.54. The molecular formula is C13H10F. The highest BCUT2D eigenvalue weighted by Crippen LogP contribution is 2.22. The fourth-order valence-corrected chi connectivity index (χ4v) is 1.44. The zero-order chi connectivity index (χ0) is 9.97. The van der Waals surface area contributed by atoms with E-state index in [1.165, 1.54) is 6.07 Å². The summed E-state index contributed by atoms with van der Waals surface area (Å²) < 4.78 is 13.4. The molecule has 2 rings (SSSR count). The van der Waals surface area contributed by atoms with Crippen LogP contribution >= 0.6 is 0 Å². The minimum atomic E-state index is -0.224. The van der Waals surface area contributed by atoms with Crippen LogP contribution in [0.15, 0.2) is 42.5 Å². The third-order valence-electron chi connectivity index (χ3n) is 2.11. The molecular weight excluding hydrogens is 175 g/mol. The van der Waals surface area contributed by atoms with E-state index in [-0.39, 0.29) is 5.82 Å². The van der Waals surface area contributed by atoms with Crippen molar-refractivity contribution in [2.24, 2.45) is 0 Å². The number of aryl methyl sites for hydroxylation is 1. The van der Waals surface area contributed by atoms with Crippen LogP contribution < -0.4 is 0 Å². The molecule has 0 spiro atoms. The maximum atomic E-state index is 13.4. The smallest absolute Gasteiger partial charge is 0.131 e. The van der Waals surface area contributed by atoms with E-state index in [2.05, 4.69) is 6.07 Å². The highest BCUT2D eigenvalue weighted by Gasteiger charge is 2.03. The van der Waals surface area contributed by atoms with Crippen LogP contribution in [0, 0.1) is 18.8 Å². The van der Waals surface area contributed by atoms with Gasteiger partial charge in [-0.1, -0.05) is 42.0 Å². The van der Waals surface area contributed by atoms with Crippen LogP contribution in [0.2, 0.25) is 0 Å². The lowest BCUT2D eigenvalue weighted by Crippen LogP contribution is -1.84. The standard InChI is InChI=1S/C13H10F/c1-10-5-4-6-11(9-10)12-7-2-3-8-13(12)14/h2-6,8-9H,1H3. The first-order valence-electron chi connectivity index (χ1n) is 4.50. The van der Waals surface area contributed by atoms with Crippen molar-refractivity contribution in [2.75, 3.05) is 0 Å². The summed E-state index contributed by atoms with van der Waals surface area (Å²) in [6.45, 7) is 1.99. The third kappa shape index (κ3) is 1.67. The van der Waals surface area contributed by atoms with E-state index >= 15 is 0 Å². The second-order valence-electron chi connectivity index (χ2n) is 3.26. The molecule has 0 saturated carbocycles. The van der Waals surface area contributed by atoms with E-state index < -0.39 is 0 Å². The molecule has 0 aromatic heterocycles. The quantitative estimate of drug-likeness (QED) is 0.636. The van der Waals surface area contributed by atoms with Gasteiger partial charge in [-0.25, -0.2) is 4.39 Å². The maximum Gasteiger partial charge on any atom is 0.131 e. The first-order chi connectivity index (χ1) is 6.77. The molecule has 0 saturated heterocycles. The molecule has 0 fully saturated rings. The molecule has 0 nitrogen and oxygen atoms in total. The molecule has 69 valence electrons. The van der Waals surface area contributed by atoms with E-state index in [9.17, 15) is 4.39 Å². The lowest BCUT2D eigenvalue weighted by atomic mass is 10.0. The fraction of sp³-hybridized carbons (Fsp3) is 0.0769. The molecule has 0 aliphatic heterocycles. The van der Waals surface area contributed by atoms with E-state index in [0.717, 1.165) is 11.1 Å². The van der Waals surface area contributed by atoms with Crippen LogP contribution in [0.5, 0.6) is 0 Å². The monoisotopic (exact) mass is 185 g/mol. The molecule has 2 aromatic rings. The van der Waals surface area contributed by atoms with Crippen molar-refractivity contribution in [3.05, 3.63) is 59.9 Å². The van der Waals surface area contributed by atoms with Crippen molar-refractivity contribution in [1.82, 2.24) is 0 Å². The highest BCUT2D eigenvalue weighted by molar-refractivity contribution is 5.63. The summed E-state index contributed by atoms with van der Waals surface area (Å²) in [5, 5.41) is 0. The number of rotatable bonds is 1. The third-order valence-corrected chi connectivity index (χ3v) is 2.11. The lowest BCUT2D eigenvalue weighted by Gasteiger charge is -2.03. The van der Waals surface area contributed by atoms with Gasteiger partial charge in [0.25, 0.3) is 0 Å². The van der Waals surface area contributed by atoms with Gasteiger partial charge in [0.1, 0.15) is 5.82 Å². The minimum absolute atomic E-state index is 0.224. The van der Waals surface area contributed by atoms with E-state index in [4.69, 9.17) is 0 Å². The Hall–Kier alpha value is -1.63. The molecule has 1 radical (unpaired) electrons. The summed E-state index contributed by atoms with van der Waals surface area (Å²) in [6, 6.07) is 15.5. The highest BCUT2D eigenvalue weighted by atomic mass is 19.1. The number of halogens is 1. The first kappa shape index (κ1) is 8.95. The minimum Gasteiger partial charge on any atom is -0.206 e. The van der Waals surface area contributed by atoms with Gasteiger partial charge in [-0.15, -0.1) is 0 Å². The summed E-state index contributed by atoms with van der Waals surface area (Å²) in [5.74, 6) is -0.224. The second kappa shape index (κ2) is 3.62. The fourth-order valence-electron chi connectivity index (χ4n) is 1.44. The molecule has 0 heterocycles. The predicted octanol–water partition coefficient (Wildman–Crippen LogP) is 3.60. The summed E-state index contributed by atoms with van der Waals surface area (Å²) in [6.07, 6.45) is 0. The Balaban J connectivity index is 2.55. The zero-order valence-corrected chi connectivity index (χ0v) is 7.92. The maximum absolute atomic E-state index is 13.4. The average molecular weight is 185 g/mol. The van der Waals surface area contributed by atoms with Gasteiger partial charge in [0.05, 0.1) is 0 Å². The summed E-state index contributed by atoms with van der Waals surface area (Å²) in [4.78, 5) is 0. The number of benzene rings is 2. The van der Waals surface area contributed by atoms with Crippen molar-refractivity contribution >= 4 is 0 Å². The molecule has 14 heavy (non-hydrogen) atoms. The molecule has 0 bridgehead atoms. The van der Waals surface area contributed by atoms with Gasteiger partial charge in [-0.2, -0.15) is 0 Å². The zero-order valence-electron chi connectivity index (χ0n) is 7.92. The van der Waals surface area contributed by atoms with Crippen LogP contribution in [0.4, 0.5) is 4.39 Å². The summed E-state index contributed by atoms with van der Waals surface area (Å²) >= 11 is 0. The van der Waals surface area contributed by atoms with Crippen molar-refractivity contribution in [1.29, 1.82) is 0 Å². The average Bonchev–Trinajstić information content (AvgIpc) is 2.18. The van der Waals surface area contributed by atoms with Gasteiger partial charge in [-0.3, -0.25) is 0 Å². The number of hydrogen-bond donors (Lipinski definition) is 0. The Morgan fingerprint density at radius 3 is 2.71 bits per heavy atom. The van der Waals surface area contributed by atoms with Crippen LogP contribution in [0.3, 0.4) is 0 Å². The van der Waals surface area contributed by atoms with Crippen molar-refractivity contribution in [3.63, 3.8) is 0 Å². The Kier molecular flexibility index (Phi) is 2.32. The Morgan fingerprint density at radius 2 is 2.00 bits per heavy atom. The normalized spacial score (nSPS) is 10.1. The molecule has 1 heteroatoms. The molecule has 0 unspecified atom stereocenters. The van der Waals surface area contributed by atoms with Gasteiger partial charge in [0, 0.05) is 5.56 Å². The van der Waals surface area contributed by atoms with Crippen molar-refractivity contribution in [3.8, 4) is 11.1 Å². The van der Waals surface area contributed by atoms with E-state index in [0.29, 0.717) is 5.56 Å². The molecule has 0 amide bonds. The van der Waals surface area contributed by atoms with Crippen molar-refractivity contribution < 1.29 is 4.39 Å². The second-order valence-corrected chi connectivity index (χ2v) is 3.26. The van der Waals surface area contributed by atoms with E-state index in [1.807, 2.05) is 31.2 Å². The SMILES string of the molecule is Cc1cccc(-c2[c]cccc2F)c1. The van der Waals surface area contributed by atoms with Gasteiger partial charge in [0.15, 0.2) is 0 Å². The Labute approximate surface area is 83.0 Å². The molecule has 2 aromatic carbocycles. The summed E-state index contributed by atoms with van der Waals surface area (Å²) in [7, 11) is 0. The first-order valence-corrected chi connectivity index (χ1v) is 4.50. The van der Waals surface area contributed by atoms with Crippen LogP contribution in [0.1, 0.15) is 5.56 Å². The van der Waals surface area contributed by atoms with Gasteiger partial charge in [-0.05, 0) is 24.6 Å². The van der Waals surface area contributed by atoms with Gasteiger partial charge in [0.2, 0.25) is 0 Å². The predicted molar refractivity (Wildman–Crippen MR) is 55.4 cm³/mol. The molecule has 0 aliphatic rings. The van der Waals surface area contributed by atoms with Crippen LogP contribution in [-0.4, -0.2) is 0 Å². The Morgan fingerprint density at radius 1 is 1.14 bits per heavy atom. The van der Waals surface area contributed by atoms with E-state index in [1.54, 1.807) is 12.1 Å². The number of hydrogen-bond acceptors (Lipinski definition) is 0. The molecule has 0 atom stereocenters. The van der Waals surface area contributed by atoms with Crippen LogP contribution in [-0.2, 0) is 0 Å². The Bertz CT molecular complexity index is 446. The largest absolute Gasteiger partial charge is 0.206 e. The van der Waals surface area contributed by atoms with Gasteiger partial charge >= 0.3 is 0 Å². The van der Waals surface area contributed by atoms with Crippen molar-refractivity contribution in [2.45, 2.75) is 6.92 Å². The molecule has 0 aliphatic carbocycles. The lowest BCUT2D eigenvalue weighted by molar-refractivity contribution is 0.631.